The molecule has 0 aromatic heterocycles. The van der Waals surface area contributed by atoms with Gasteiger partial charge in [0, 0.05) is 11.8 Å². The van der Waals surface area contributed by atoms with E-state index in [0.717, 1.165) is 12.7 Å². The average Bonchev–Trinajstić information content (AvgIpc) is 2.83. The van der Waals surface area contributed by atoms with Crippen LogP contribution in [0.3, 0.4) is 0 Å². The molecule has 0 radical (unpaired) electrons. The Morgan fingerprint density at radius 3 is 2.26 bits per heavy atom. The zero-order chi connectivity index (χ0) is 16.6. The highest BCUT2D eigenvalue weighted by Crippen LogP contribution is 2.39. The second-order valence-electron chi connectivity index (χ2n) is 6.09. The Labute approximate surface area is 136 Å². The molecule has 0 heterocycles. The van der Waals surface area contributed by atoms with Crippen molar-refractivity contribution in [3.63, 3.8) is 0 Å². The van der Waals surface area contributed by atoms with Gasteiger partial charge in [-0.25, -0.2) is 8.42 Å². The first-order valence-corrected chi connectivity index (χ1v) is 9.45. The monoisotopic (exact) mass is 329 g/mol. The number of sulfone groups is 1. The minimum Gasteiger partial charge on any atom is -0.345 e. The van der Waals surface area contributed by atoms with E-state index in [1.54, 1.807) is 12.1 Å². The van der Waals surface area contributed by atoms with Gasteiger partial charge in [-0.05, 0) is 47.7 Å². The lowest BCUT2D eigenvalue weighted by Crippen LogP contribution is -2.27. The molecule has 3 rings (SSSR count). The molecule has 23 heavy (non-hydrogen) atoms. The van der Waals surface area contributed by atoms with Crippen molar-refractivity contribution in [2.45, 2.75) is 30.2 Å². The molecule has 0 aliphatic heterocycles. The van der Waals surface area contributed by atoms with Crippen molar-refractivity contribution in [1.29, 1.82) is 0 Å². The van der Waals surface area contributed by atoms with E-state index in [1.807, 2.05) is 12.1 Å². The molecule has 2 aromatic rings. The van der Waals surface area contributed by atoms with Gasteiger partial charge in [0.25, 0.3) is 5.91 Å². The standard InChI is InChI=1S/C18H19NO3S/c1-12-11-17(16-6-4-3-5-15(12)16)19-18(20)13-7-9-14(10-8-13)23(2,21)22/h3-10,12,17H,11H2,1-2H3,(H,19,20). The fourth-order valence-electron chi connectivity index (χ4n) is 3.12. The summed E-state index contributed by atoms with van der Waals surface area (Å²) in [6.45, 7) is 2.16. The number of amides is 1. The Kier molecular flexibility index (Phi) is 3.98. The third-order valence-corrected chi connectivity index (χ3v) is 5.47. The van der Waals surface area contributed by atoms with Gasteiger partial charge in [-0.3, -0.25) is 4.79 Å². The third kappa shape index (κ3) is 3.15. The number of carbonyl (C=O) groups excluding carboxylic acids is 1. The van der Waals surface area contributed by atoms with Gasteiger partial charge in [-0.15, -0.1) is 0 Å². The van der Waals surface area contributed by atoms with Crippen LogP contribution < -0.4 is 5.32 Å². The molecular weight excluding hydrogens is 310 g/mol. The molecule has 5 heteroatoms. The van der Waals surface area contributed by atoms with E-state index < -0.39 is 9.84 Å². The number of fused-ring (bicyclic) bond motifs is 1. The normalized spacial score (nSPS) is 20.1. The molecule has 1 amide bonds. The van der Waals surface area contributed by atoms with Gasteiger partial charge in [0.05, 0.1) is 10.9 Å². The summed E-state index contributed by atoms with van der Waals surface area (Å²) >= 11 is 0. The van der Waals surface area contributed by atoms with Gasteiger partial charge in [0.2, 0.25) is 0 Å². The molecule has 0 spiro atoms. The molecule has 0 saturated carbocycles. The number of benzene rings is 2. The molecule has 4 nitrogen and oxygen atoms in total. The summed E-state index contributed by atoms with van der Waals surface area (Å²) in [6.07, 6.45) is 2.03. The maximum Gasteiger partial charge on any atom is 0.251 e. The van der Waals surface area contributed by atoms with E-state index in [1.165, 1.54) is 23.3 Å². The molecular formula is C18H19NO3S. The first kappa shape index (κ1) is 15.7. The van der Waals surface area contributed by atoms with Crippen molar-refractivity contribution in [2.75, 3.05) is 6.26 Å². The topological polar surface area (TPSA) is 63.2 Å². The summed E-state index contributed by atoms with van der Waals surface area (Å²) in [6, 6.07) is 14.2. The molecule has 2 aromatic carbocycles. The summed E-state index contributed by atoms with van der Waals surface area (Å²) < 4.78 is 22.9. The maximum absolute atomic E-state index is 12.4. The van der Waals surface area contributed by atoms with Crippen molar-refractivity contribution in [2.24, 2.45) is 0 Å². The van der Waals surface area contributed by atoms with Crippen LogP contribution in [0.5, 0.6) is 0 Å². The Bertz CT molecular complexity index is 841. The summed E-state index contributed by atoms with van der Waals surface area (Å²) in [4.78, 5) is 12.6. The molecule has 1 N–H and O–H groups in total. The van der Waals surface area contributed by atoms with Crippen LogP contribution in [0.2, 0.25) is 0 Å². The van der Waals surface area contributed by atoms with Crippen LogP contribution in [0.25, 0.3) is 0 Å². The first-order chi connectivity index (χ1) is 10.9. The Morgan fingerprint density at radius 2 is 1.65 bits per heavy atom. The van der Waals surface area contributed by atoms with Gasteiger partial charge in [-0.1, -0.05) is 31.2 Å². The van der Waals surface area contributed by atoms with Crippen LogP contribution in [-0.2, 0) is 9.84 Å². The van der Waals surface area contributed by atoms with E-state index >= 15 is 0 Å². The van der Waals surface area contributed by atoms with Gasteiger partial charge in [0.1, 0.15) is 0 Å². The van der Waals surface area contributed by atoms with Gasteiger partial charge < -0.3 is 5.32 Å². The summed E-state index contributed by atoms with van der Waals surface area (Å²) in [5.41, 5.74) is 2.92. The predicted molar refractivity (Wildman–Crippen MR) is 89.2 cm³/mol. The maximum atomic E-state index is 12.4. The largest absolute Gasteiger partial charge is 0.345 e. The van der Waals surface area contributed by atoms with Crippen LogP contribution in [0.15, 0.2) is 53.4 Å². The summed E-state index contributed by atoms with van der Waals surface area (Å²) in [5, 5.41) is 3.05. The van der Waals surface area contributed by atoms with Crippen LogP contribution in [0.4, 0.5) is 0 Å². The molecule has 1 aliphatic rings. The Hall–Kier alpha value is -2.14. The fourth-order valence-corrected chi connectivity index (χ4v) is 3.75. The van der Waals surface area contributed by atoms with Gasteiger partial charge in [-0.2, -0.15) is 0 Å². The smallest absolute Gasteiger partial charge is 0.251 e. The Morgan fingerprint density at radius 1 is 1.04 bits per heavy atom. The lowest BCUT2D eigenvalue weighted by atomic mass is 10.0. The van der Waals surface area contributed by atoms with Crippen LogP contribution >= 0.6 is 0 Å². The number of hydrogen-bond donors (Lipinski definition) is 1. The fraction of sp³-hybridized carbons (Fsp3) is 0.278. The minimum atomic E-state index is -3.25. The van der Waals surface area contributed by atoms with Gasteiger partial charge >= 0.3 is 0 Å². The second-order valence-corrected chi connectivity index (χ2v) is 8.10. The molecule has 0 fully saturated rings. The predicted octanol–water partition coefficient (Wildman–Crippen LogP) is 3.07. The quantitative estimate of drug-likeness (QED) is 0.941. The number of carbonyl (C=O) groups is 1. The van der Waals surface area contributed by atoms with E-state index in [0.29, 0.717) is 11.5 Å². The van der Waals surface area contributed by atoms with Gasteiger partial charge in [0.15, 0.2) is 9.84 Å². The third-order valence-electron chi connectivity index (χ3n) is 4.34. The molecule has 1 aliphatic carbocycles. The van der Waals surface area contributed by atoms with Crippen molar-refractivity contribution in [3.8, 4) is 0 Å². The van der Waals surface area contributed by atoms with Crippen molar-refractivity contribution in [3.05, 3.63) is 65.2 Å². The first-order valence-electron chi connectivity index (χ1n) is 7.56. The van der Waals surface area contributed by atoms with Crippen LogP contribution in [-0.4, -0.2) is 20.6 Å². The SMILES string of the molecule is CC1CC(NC(=O)c2ccc(S(C)(=O)=O)cc2)c2ccccc21. The van der Waals surface area contributed by atoms with Crippen molar-refractivity contribution < 1.29 is 13.2 Å². The van der Waals surface area contributed by atoms with Crippen LogP contribution in [0, 0.1) is 0 Å². The van der Waals surface area contributed by atoms with E-state index in [-0.39, 0.29) is 16.8 Å². The molecule has 120 valence electrons. The van der Waals surface area contributed by atoms with Crippen LogP contribution in [0.1, 0.15) is 46.8 Å². The van der Waals surface area contributed by atoms with E-state index in [9.17, 15) is 13.2 Å². The number of hydrogen-bond acceptors (Lipinski definition) is 3. The molecule has 2 unspecified atom stereocenters. The van der Waals surface area contributed by atoms with Crippen molar-refractivity contribution in [1.82, 2.24) is 5.32 Å². The Balaban J connectivity index is 1.78. The average molecular weight is 329 g/mol. The lowest BCUT2D eigenvalue weighted by Gasteiger charge is -2.14. The summed E-state index contributed by atoms with van der Waals surface area (Å²) in [7, 11) is -3.25. The van der Waals surface area contributed by atoms with E-state index in [2.05, 4.69) is 24.4 Å². The lowest BCUT2D eigenvalue weighted by molar-refractivity contribution is 0.0936. The van der Waals surface area contributed by atoms with E-state index in [4.69, 9.17) is 0 Å². The molecule has 2 atom stereocenters. The summed E-state index contributed by atoms with van der Waals surface area (Å²) in [5.74, 6) is 0.239. The number of rotatable bonds is 3. The zero-order valence-electron chi connectivity index (χ0n) is 13.1. The highest BCUT2D eigenvalue weighted by molar-refractivity contribution is 7.90. The molecule has 0 bridgehead atoms. The highest BCUT2D eigenvalue weighted by atomic mass is 32.2. The van der Waals surface area contributed by atoms with Crippen molar-refractivity contribution >= 4 is 15.7 Å². The molecule has 0 saturated heterocycles. The second kappa shape index (κ2) is 5.81. The zero-order valence-corrected chi connectivity index (χ0v) is 13.9. The number of nitrogens with one attached hydrogen (secondary N) is 1. The highest BCUT2D eigenvalue weighted by Gasteiger charge is 2.29. The minimum absolute atomic E-state index is 0.00304.